The maximum absolute atomic E-state index is 11.9. The van der Waals surface area contributed by atoms with Gasteiger partial charge in [-0.2, -0.15) is 0 Å². The van der Waals surface area contributed by atoms with Gasteiger partial charge in [0.15, 0.2) is 0 Å². The van der Waals surface area contributed by atoms with Crippen molar-refractivity contribution in [2.45, 2.75) is 69.8 Å². The summed E-state index contributed by atoms with van der Waals surface area (Å²) in [6.07, 6.45) is 12.1. The Hall–Kier alpha value is -0.530. The molecule has 0 atom stereocenters. The molecule has 0 aromatic rings. The molecule has 3 rings (SSSR count). The summed E-state index contributed by atoms with van der Waals surface area (Å²) < 4.78 is 5.62. The first-order valence-electron chi connectivity index (χ1n) is 6.53. The largest absolute Gasteiger partial charge is 0.457 e. The van der Waals surface area contributed by atoms with E-state index in [4.69, 9.17) is 4.74 Å². The van der Waals surface area contributed by atoms with Gasteiger partial charge in [-0.15, -0.1) is 0 Å². The Morgan fingerprint density at radius 3 is 1.87 bits per heavy atom. The van der Waals surface area contributed by atoms with Crippen LogP contribution in [0.25, 0.3) is 0 Å². The molecule has 15 heavy (non-hydrogen) atoms. The zero-order chi connectivity index (χ0) is 10.4. The summed E-state index contributed by atoms with van der Waals surface area (Å²) in [6.45, 7) is 0. The quantitative estimate of drug-likeness (QED) is 0.571. The average molecular weight is 208 g/mol. The molecule has 3 aliphatic rings. The second kappa shape index (κ2) is 3.23. The van der Waals surface area contributed by atoms with E-state index in [0.29, 0.717) is 0 Å². The van der Waals surface area contributed by atoms with E-state index in [1.807, 2.05) is 0 Å². The lowest BCUT2D eigenvalue weighted by molar-refractivity contribution is -0.259. The van der Waals surface area contributed by atoms with Crippen molar-refractivity contribution in [3.63, 3.8) is 0 Å². The molecule has 2 heteroatoms. The lowest BCUT2D eigenvalue weighted by Crippen LogP contribution is -2.67. The number of hydrogen-bond donors (Lipinski definition) is 0. The van der Waals surface area contributed by atoms with Crippen LogP contribution in [0.4, 0.5) is 0 Å². The molecule has 1 aliphatic heterocycles. The number of esters is 1. The van der Waals surface area contributed by atoms with Gasteiger partial charge in [0, 0.05) is 0 Å². The van der Waals surface area contributed by atoms with E-state index in [9.17, 15) is 4.79 Å². The van der Waals surface area contributed by atoms with Crippen LogP contribution < -0.4 is 0 Å². The van der Waals surface area contributed by atoms with Crippen LogP contribution in [-0.4, -0.2) is 11.6 Å². The summed E-state index contributed by atoms with van der Waals surface area (Å²) in [4.78, 5) is 11.9. The number of hydrogen-bond acceptors (Lipinski definition) is 2. The summed E-state index contributed by atoms with van der Waals surface area (Å²) in [5.74, 6) is 0.129. The molecule has 0 N–H and O–H groups in total. The number of carbonyl (C=O) groups is 1. The van der Waals surface area contributed by atoms with Crippen LogP contribution in [-0.2, 0) is 9.53 Å². The third-order valence-electron chi connectivity index (χ3n) is 4.92. The molecule has 0 amide bonds. The Kier molecular flexibility index (Phi) is 2.08. The van der Waals surface area contributed by atoms with Gasteiger partial charge in [-0.25, -0.2) is 0 Å². The standard InChI is InChI=1S/C13H20O2/c14-11-12(7-3-1-4-8-12)13(15-11)9-5-2-6-10-13/h1-10H2. The normalized spacial score (nSPS) is 32.4. The smallest absolute Gasteiger partial charge is 0.316 e. The topological polar surface area (TPSA) is 26.3 Å². The third-order valence-corrected chi connectivity index (χ3v) is 4.92. The Labute approximate surface area is 91.4 Å². The maximum Gasteiger partial charge on any atom is 0.316 e. The lowest BCUT2D eigenvalue weighted by atomic mass is 9.55. The van der Waals surface area contributed by atoms with E-state index in [1.165, 1.54) is 38.5 Å². The van der Waals surface area contributed by atoms with Crippen molar-refractivity contribution < 1.29 is 9.53 Å². The predicted octanol–water partition coefficient (Wildman–Crippen LogP) is 3.20. The fourth-order valence-corrected chi connectivity index (χ4v) is 4.03. The maximum atomic E-state index is 11.9. The van der Waals surface area contributed by atoms with Crippen LogP contribution in [0.3, 0.4) is 0 Å². The highest BCUT2D eigenvalue weighted by molar-refractivity contribution is 5.85. The third kappa shape index (κ3) is 1.14. The van der Waals surface area contributed by atoms with Crippen molar-refractivity contribution in [1.82, 2.24) is 0 Å². The van der Waals surface area contributed by atoms with Crippen molar-refractivity contribution in [3.8, 4) is 0 Å². The fraction of sp³-hybridized carbons (Fsp3) is 0.923. The van der Waals surface area contributed by atoms with Gasteiger partial charge in [-0.05, 0) is 38.5 Å². The number of rotatable bonds is 0. The van der Waals surface area contributed by atoms with Crippen molar-refractivity contribution in [2.24, 2.45) is 5.41 Å². The van der Waals surface area contributed by atoms with Gasteiger partial charge in [0.05, 0.1) is 0 Å². The fourth-order valence-electron chi connectivity index (χ4n) is 4.03. The van der Waals surface area contributed by atoms with Crippen LogP contribution in [0.5, 0.6) is 0 Å². The molecule has 0 unspecified atom stereocenters. The molecule has 3 fully saturated rings. The highest BCUT2D eigenvalue weighted by Crippen LogP contribution is 2.60. The minimum absolute atomic E-state index is 0.0112. The molecule has 1 heterocycles. The van der Waals surface area contributed by atoms with E-state index in [0.717, 1.165) is 25.7 Å². The van der Waals surface area contributed by atoms with Crippen molar-refractivity contribution in [3.05, 3.63) is 0 Å². The molecule has 0 radical (unpaired) electrons. The molecule has 2 saturated carbocycles. The molecule has 2 spiro atoms. The molecular formula is C13H20O2. The molecule has 1 saturated heterocycles. The van der Waals surface area contributed by atoms with Crippen molar-refractivity contribution in [2.75, 3.05) is 0 Å². The van der Waals surface area contributed by atoms with Gasteiger partial charge < -0.3 is 4.74 Å². The summed E-state index contributed by atoms with van der Waals surface area (Å²) in [7, 11) is 0. The highest BCUT2D eigenvalue weighted by atomic mass is 16.6. The number of ether oxygens (including phenoxy) is 1. The lowest BCUT2D eigenvalue weighted by Gasteiger charge is -2.59. The molecule has 2 aliphatic carbocycles. The molecular weight excluding hydrogens is 188 g/mol. The second-order valence-corrected chi connectivity index (χ2v) is 5.59. The Balaban J connectivity index is 1.87. The Morgan fingerprint density at radius 2 is 1.33 bits per heavy atom. The Bertz CT molecular complexity index is 270. The van der Waals surface area contributed by atoms with Gasteiger partial charge in [0.25, 0.3) is 0 Å². The summed E-state index contributed by atoms with van der Waals surface area (Å²) >= 11 is 0. The first kappa shape index (κ1) is 9.68. The van der Waals surface area contributed by atoms with Gasteiger partial charge in [0.1, 0.15) is 11.0 Å². The monoisotopic (exact) mass is 208 g/mol. The zero-order valence-electron chi connectivity index (χ0n) is 9.39. The zero-order valence-corrected chi connectivity index (χ0v) is 9.39. The number of fused-ring (bicyclic) bond motifs is 1. The number of carbonyl (C=O) groups excluding carboxylic acids is 1. The van der Waals surface area contributed by atoms with Crippen molar-refractivity contribution >= 4 is 5.97 Å². The van der Waals surface area contributed by atoms with E-state index in [-0.39, 0.29) is 17.0 Å². The van der Waals surface area contributed by atoms with E-state index < -0.39 is 0 Å². The average Bonchev–Trinajstić information content (AvgIpc) is 2.32. The van der Waals surface area contributed by atoms with Crippen LogP contribution in [0.15, 0.2) is 0 Å². The van der Waals surface area contributed by atoms with Crippen LogP contribution in [0.1, 0.15) is 64.2 Å². The molecule has 0 bridgehead atoms. The van der Waals surface area contributed by atoms with E-state index in [1.54, 1.807) is 0 Å². The van der Waals surface area contributed by atoms with Crippen LogP contribution in [0.2, 0.25) is 0 Å². The molecule has 0 aromatic carbocycles. The van der Waals surface area contributed by atoms with Crippen LogP contribution in [0, 0.1) is 5.41 Å². The van der Waals surface area contributed by atoms with Crippen molar-refractivity contribution in [1.29, 1.82) is 0 Å². The first-order chi connectivity index (χ1) is 7.29. The van der Waals surface area contributed by atoms with E-state index >= 15 is 0 Å². The molecule has 2 nitrogen and oxygen atoms in total. The minimum atomic E-state index is -0.0360. The van der Waals surface area contributed by atoms with Gasteiger partial charge in [0.2, 0.25) is 0 Å². The Morgan fingerprint density at radius 1 is 0.800 bits per heavy atom. The molecule has 0 aromatic heterocycles. The first-order valence-corrected chi connectivity index (χ1v) is 6.53. The van der Waals surface area contributed by atoms with Crippen LogP contribution >= 0.6 is 0 Å². The summed E-state index contributed by atoms with van der Waals surface area (Å²) in [5.41, 5.74) is -0.0472. The predicted molar refractivity (Wildman–Crippen MR) is 57.4 cm³/mol. The highest BCUT2D eigenvalue weighted by Gasteiger charge is 2.67. The second-order valence-electron chi connectivity index (χ2n) is 5.59. The SMILES string of the molecule is O=C1OC2(CCCCC2)C12CCCCC2. The summed E-state index contributed by atoms with van der Waals surface area (Å²) in [6, 6.07) is 0. The van der Waals surface area contributed by atoms with E-state index in [2.05, 4.69) is 0 Å². The molecule has 84 valence electrons. The minimum Gasteiger partial charge on any atom is -0.457 e. The van der Waals surface area contributed by atoms with Gasteiger partial charge in [-0.1, -0.05) is 25.7 Å². The summed E-state index contributed by atoms with van der Waals surface area (Å²) in [5, 5.41) is 0. The van der Waals surface area contributed by atoms with Gasteiger partial charge >= 0.3 is 5.97 Å². The van der Waals surface area contributed by atoms with Gasteiger partial charge in [-0.3, -0.25) is 4.79 Å².